The Morgan fingerprint density at radius 2 is 2.00 bits per heavy atom. The first kappa shape index (κ1) is 16.8. The molecule has 0 aliphatic carbocycles. The van der Waals surface area contributed by atoms with Gasteiger partial charge in [0.05, 0.1) is 6.10 Å². The molecule has 2 bridgehead atoms. The minimum atomic E-state index is -1.81. The summed E-state index contributed by atoms with van der Waals surface area (Å²) < 4.78 is 17.7. The quantitative estimate of drug-likeness (QED) is 0.575. The van der Waals surface area contributed by atoms with Crippen LogP contribution < -0.4 is 0 Å². The maximum Gasteiger partial charge on any atom is 0.318 e. The number of ketones is 1. The summed E-state index contributed by atoms with van der Waals surface area (Å²) in [6, 6.07) is 0. The van der Waals surface area contributed by atoms with Gasteiger partial charge in [0.25, 0.3) is 0 Å². The van der Waals surface area contributed by atoms with Crippen LogP contribution in [0.15, 0.2) is 24.0 Å². The van der Waals surface area contributed by atoms with Gasteiger partial charge >= 0.3 is 5.97 Å². The van der Waals surface area contributed by atoms with Gasteiger partial charge in [0, 0.05) is 24.3 Å². The second kappa shape index (κ2) is 4.74. The van der Waals surface area contributed by atoms with Gasteiger partial charge in [-0.1, -0.05) is 13.5 Å². The van der Waals surface area contributed by atoms with Gasteiger partial charge in [-0.2, -0.15) is 0 Å². The van der Waals surface area contributed by atoms with Gasteiger partial charge in [-0.05, 0) is 32.8 Å². The molecule has 0 aromatic heterocycles. The van der Waals surface area contributed by atoms with Crippen molar-refractivity contribution in [2.24, 2.45) is 17.3 Å². The third kappa shape index (κ3) is 1.87. The van der Waals surface area contributed by atoms with Gasteiger partial charge in [0.2, 0.25) is 11.6 Å². The lowest BCUT2D eigenvalue weighted by Crippen LogP contribution is -2.49. The molecule has 6 heteroatoms. The molecule has 25 heavy (non-hydrogen) atoms. The monoisotopic (exact) mass is 348 g/mol. The molecule has 1 unspecified atom stereocenters. The van der Waals surface area contributed by atoms with Crippen LogP contribution in [0.4, 0.5) is 0 Å². The summed E-state index contributed by atoms with van der Waals surface area (Å²) in [6.07, 6.45) is 1.37. The summed E-state index contributed by atoms with van der Waals surface area (Å²) in [7, 11) is 0. The number of rotatable bonds is 1. The number of ether oxygens (including phenoxy) is 3. The Balaban J connectivity index is 1.85. The molecule has 7 atom stereocenters. The van der Waals surface area contributed by atoms with Crippen LogP contribution in [0, 0.1) is 17.3 Å². The third-order valence-corrected chi connectivity index (χ3v) is 6.55. The van der Waals surface area contributed by atoms with Crippen molar-refractivity contribution in [1.82, 2.24) is 0 Å². The van der Waals surface area contributed by atoms with Crippen molar-refractivity contribution in [1.29, 1.82) is 0 Å². The zero-order valence-corrected chi connectivity index (χ0v) is 15.0. The number of hydrogen-bond acceptors (Lipinski definition) is 6. The van der Waals surface area contributed by atoms with Crippen LogP contribution in [0.3, 0.4) is 0 Å². The van der Waals surface area contributed by atoms with Crippen LogP contribution >= 0.6 is 0 Å². The SMILES string of the molecule is C=C(C)[C@@]1(O)O[C@H]2C[C@@]3(C)OC(=CC3=O)C(C)C[C@H]3OC(=O)[C@@]1(C)[C@H]23. The summed E-state index contributed by atoms with van der Waals surface area (Å²) in [5.74, 6) is -2.19. The number of fused-ring (bicyclic) bond motifs is 2. The minimum Gasteiger partial charge on any atom is -0.483 e. The maximum atomic E-state index is 12.8. The van der Waals surface area contributed by atoms with Crippen molar-refractivity contribution in [2.45, 2.75) is 64.1 Å². The normalized spacial score (nSPS) is 51.0. The summed E-state index contributed by atoms with van der Waals surface area (Å²) in [5, 5.41) is 11.2. The minimum absolute atomic E-state index is 0.0665. The van der Waals surface area contributed by atoms with E-state index >= 15 is 0 Å². The van der Waals surface area contributed by atoms with Crippen LogP contribution in [0.25, 0.3) is 0 Å². The van der Waals surface area contributed by atoms with E-state index in [1.807, 2.05) is 6.92 Å². The van der Waals surface area contributed by atoms with E-state index in [0.717, 1.165) is 0 Å². The van der Waals surface area contributed by atoms with Crippen LogP contribution in [-0.4, -0.2) is 40.5 Å². The first-order valence-corrected chi connectivity index (χ1v) is 8.75. The lowest BCUT2D eigenvalue weighted by Gasteiger charge is -2.34. The largest absolute Gasteiger partial charge is 0.483 e. The number of esters is 1. The van der Waals surface area contributed by atoms with Gasteiger partial charge < -0.3 is 19.3 Å². The molecule has 0 saturated carbocycles. The highest BCUT2D eigenvalue weighted by Gasteiger charge is 2.74. The predicted molar refractivity (Wildman–Crippen MR) is 87.1 cm³/mol. The molecule has 4 heterocycles. The Kier molecular flexibility index (Phi) is 3.18. The zero-order chi connectivity index (χ0) is 18.4. The van der Waals surface area contributed by atoms with E-state index in [-0.39, 0.29) is 24.0 Å². The molecule has 0 aromatic rings. The fourth-order valence-corrected chi connectivity index (χ4v) is 4.99. The third-order valence-electron chi connectivity index (χ3n) is 6.55. The number of aliphatic hydroxyl groups is 1. The Bertz CT molecular complexity index is 725. The average Bonchev–Trinajstić information content (AvgIpc) is 3.03. The van der Waals surface area contributed by atoms with E-state index in [9.17, 15) is 14.7 Å². The highest BCUT2D eigenvalue weighted by molar-refractivity contribution is 5.99. The second-order valence-corrected chi connectivity index (χ2v) is 8.34. The molecule has 0 aromatic carbocycles. The fraction of sp³-hybridized carbons (Fsp3) is 0.684. The fourth-order valence-electron chi connectivity index (χ4n) is 4.99. The van der Waals surface area contributed by atoms with Crippen LogP contribution in [0.5, 0.6) is 0 Å². The molecular weight excluding hydrogens is 324 g/mol. The molecule has 0 amide bonds. The van der Waals surface area contributed by atoms with Gasteiger partial charge in [0.1, 0.15) is 17.3 Å². The van der Waals surface area contributed by atoms with E-state index in [1.54, 1.807) is 26.8 Å². The van der Waals surface area contributed by atoms with Gasteiger partial charge in [-0.15, -0.1) is 0 Å². The standard InChI is InChI=1S/C19H24O6/c1-9(2)19(22)18(5)15-12(23-16(18)21)6-10(3)11-7-14(20)17(4,24-11)8-13(15)25-19/h7,10,12-13,15,22H,1,6,8H2,2-5H3/t10?,12-,13+,15+,17-,18-,19-/m1/s1. The summed E-state index contributed by atoms with van der Waals surface area (Å²) >= 11 is 0. The molecule has 3 fully saturated rings. The Hall–Kier alpha value is -1.66. The van der Waals surface area contributed by atoms with Gasteiger partial charge in [-0.3, -0.25) is 9.59 Å². The molecule has 0 spiro atoms. The molecule has 4 aliphatic rings. The number of carbonyl (C=O) groups excluding carboxylic acids is 2. The number of carbonyl (C=O) groups is 2. The van der Waals surface area contributed by atoms with Crippen LogP contribution in [-0.2, 0) is 23.8 Å². The Morgan fingerprint density at radius 3 is 2.64 bits per heavy atom. The highest BCUT2D eigenvalue weighted by Crippen LogP contribution is 2.61. The number of hydrogen-bond donors (Lipinski definition) is 1. The van der Waals surface area contributed by atoms with Crippen molar-refractivity contribution < 1.29 is 28.9 Å². The highest BCUT2D eigenvalue weighted by atomic mass is 16.7. The summed E-state index contributed by atoms with van der Waals surface area (Å²) in [5.41, 5.74) is -1.94. The van der Waals surface area contributed by atoms with Crippen LogP contribution in [0.2, 0.25) is 0 Å². The molecule has 136 valence electrons. The predicted octanol–water partition coefficient (Wildman–Crippen LogP) is 1.87. The molecule has 3 saturated heterocycles. The van der Waals surface area contributed by atoms with Gasteiger partial charge in [-0.25, -0.2) is 0 Å². The topological polar surface area (TPSA) is 82.1 Å². The van der Waals surface area contributed by atoms with Crippen molar-refractivity contribution >= 4 is 11.8 Å². The van der Waals surface area contributed by atoms with E-state index in [1.165, 1.54) is 0 Å². The lowest BCUT2D eigenvalue weighted by molar-refractivity contribution is -0.220. The van der Waals surface area contributed by atoms with E-state index in [0.29, 0.717) is 17.8 Å². The van der Waals surface area contributed by atoms with E-state index in [2.05, 4.69) is 6.58 Å². The van der Waals surface area contributed by atoms with Gasteiger partial charge in [0.15, 0.2) is 5.60 Å². The Morgan fingerprint density at radius 1 is 1.32 bits per heavy atom. The first-order chi connectivity index (χ1) is 11.5. The number of allylic oxidation sites excluding steroid dienone is 1. The lowest BCUT2D eigenvalue weighted by atomic mass is 9.67. The molecule has 4 rings (SSSR count). The van der Waals surface area contributed by atoms with Crippen molar-refractivity contribution in [2.75, 3.05) is 0 Å². The smallest absolute Gasteiger partial charge is 0.318 e. The second-order valence-electron chi connectivity index (χ2n) is 8.34. The Labute approximate surface area is 146 Å². The maximum absolute atomic E-state index is 12.8. The molecule has 4 aliphatic heterocycles. The van der Waals surface area contributed by atoms with Crippen molar-refractivity contribution in [3.8, 4) is 0 Å². The zero-order valence-electron chi connectivity index (χ0n) is 15.0. The first-order valence-electron chi connectivity index (χ1n) is 8.75. The molecule has 6 nitrogen and oxygen atoms in total. The van der Waals surface area contributed by atoms with Crippen molar-refractivity contribution in [3.05, 3.63) is 24.0 Å². The van der Waals surface area contributed by atoms with E-state index < -0.39 is 35.0 Å². The van der Waals surface area contributed by atoms with Crippen molar-refractivity contribution in [3.63, 3.8) is 0 Å². The molecule has 0 radical (unpaired) electrons. The average molecular weight is 348 g/mol. The van der Waals surface area contributed by atoms with Crippen LogP contribution in [0.1, 0.15) is 40.5 Å². The molecular formula is C19H24O6. The molecule has 1 N–H and O–H groups in total. The summed E-state index contributed by atoms with van der Waals surface area (Å²) in [4.78, 5) is 25.3. The summed E-state index contributed by atoms with van der Waals surface area (Å²) in [6.45, 7) is 10.8. The van der Waals surface area contributed by atoms with E-state index in [4.69, 9.17) is 14.2 Å².